The highest BCUT2D eigenvalue weighted by atomic mass is 16.5. The van der Waals surface area contributed by atoms with Gasteiger partial charge >= 0.3 is 0 Å². The second-order valence-electron chi connectivity index (χ2n) is 5.83. The molecular formula is C15H22N4O. The summed E-state index contributed by atoms with van der Waals surface area (Å²) in [5.41, 5.74) is 7.96. The molecule has 0 fully saturated rings. The molecule has 0 aliphatic rings. The summed E-state index contributed by atoms with van der Waals surface area (Å²) >= 11 is 0. The average molecular weight is 274 g/mol. The number of hydrogen-bond donors (Lipinski definition) is 1. The van der Waals surface area contributed by atoms with Gasteiger partial charge in [-0.05, 0) is 38.9 Å². The van der Waals surface area contributed by atoms with Crippen molar-refractivity contribution < 1.29 is 4.52 Å². The number of benzene rings is 1. The molecule has 2 rings (SSSR count). The predicted molar refractivity (Wildman–Crippen MR) is 77.9 cm³/mol. The topological polar surface area (TPSA) is 68.2 Å². The Balaban J connectivity index is 2.00. The van der Waals surface area contributed by atoms with Crippen molar-refractivity contribution in [3.05, 3.63) is 47.1 Å². The highest BCUT2D eigenvalue weighted by molar-refractivity contribution is 5.25. The first-order valence-corrected chi connectivity index (χ1v) is 6.71. The van der Waals surface area contributed by atoms with Gasteiger partial charge in [0.2, 0.25) is 5.89 Å². The normalized spacial score (nSPS) is 12.1. The summed E-state index contributed by atoms with van der Waals surface area (Å²) in [6.45, 7) is 7.29. The number of aryl methyl sites for hydroxylation is 1. The zero-order valence-corrected chi connectivity index (χ0v) is 12.6. The molecule has 2 aromatic rings. The molecule has 0 bridgehead atoms. The summed E-state index contributed by atoms with van der Waals surface area (Å²) in [4.78, 5) is 6.48. The van der Waals surface area contributed by atoms with Crippen LogP contribution >= 0.6 is 0 Å². The van der Waals surface area contributed by atoms with Gasteiger partial charge in [0, 0.05) is 6.54 Å². The standard InChI is InChI=1S/C15H22N4O/c1-11-7-5-6-8-12(11)9-19(4)10-13-17-14(18-20-13)15(2,3)16/h5-8H,9-10,16H2,1-4H3. The fourth-order valence-electron chi connectivity index (χ4n) is 1.95. The Morgan fingerprint density at radius 1 is 1.25 bits per heavy atom. The van der Waals surface area contributed by atoms with Gasteiger partial charge in [-0.1, -0.05) is 29.4 Å². The van der Waals surface area contributed by atoms with Crippen molar-refractivity contribution in [2.75, 3.05) is 7.05 Å². The number of hydrogen-bond acceptors (Lipinski definition) is 5. The van der Waals surface area contributed by atoms with E-state index in [1.165, 1.54) is 11.1 Å². The van der Waals surface area contributed by atoms with E-state index in [4.69, 9.17) is 10.3 Å². The summed E-state index contributed by atoms with van der Waals surface area (Å²) in [5.74, 6) is 1.13. The van der Waals surface area contributed by atoms with Crippen LogP contribution in [-0.2, 0) is 18.6 Å². The van der Waals surface area contributed by atoms with E-state index in [1.807, 2.05) is 27.0 Å². The fraction of sp³-hybridized carbons (Fsp3) is 0.467. The third kappa shape index (κ3) is 3.65. The van der Waals surface area contributed by atoms with Crippen LogP contribution in [-0.4, -0.2) is 22.1 Å². The van der Waals surface area contributed by atoms with Gasteiger partial charge < -0.3 is 10.3 Å². The molecule has 5 nitrogen and oxygen atoms in total. The molecule has 0 aliphatic carbocycles. The molecule has 1 heterocycles. The predicted octanol–water partition coefficient (Wildman–Crippen LogP) is 2.20. The molecule has 0 saturated heterocycles. The average Bonchev–Trinajstić information content (AvgIpc) is 2.80. The molecule has 0 saturated carbocycles. The van der Waals surface area contributed by atoms with Gasteiger partial charge in [-0.25, -0.2) is 0 Å². The highest BCUT2D eigenvalue weighted by Crippen LogP contribution is 2.15. The lowest BCUT2D eigenvalue weighted by Gasteiger charge is -2.15. The third-order valence-electron chi connectivity index (χ3n) is 3.15. The van der Waals surface area contributed by atoms with Gasteiger partial charge in [0.25, 0.3) is 0 Å². The Labute approximate surface area is 119 Å². The lowest BCUT2D eigenvalue weighted by molar-refractivity contribution is 0.259. The van der Waals surface area contributed by atoms with Crippen LogP contribution in [0.2, 0.25) is 0 Å². The summed E-state index contributed by atoms with van der Waals surface area (Å²) < 4.78 is 5.25. The molecule has 108 valence electrons. The summed E-state index contributed by atoms with van der Waals surface area (Å²) in [6, 6.07) is 8.35. The smallest absolute Gasteiger partial charge is 0.240 e. The van der Waals surface area contributed by atoms with E-state index in [1.54, 1.807) is 0 Å². The lowest BCUT2D eigenvalue weighted by atomic mass is 10.1. The van der Waals surface area contributed by atoms with Crippen LogP contribution in [0.4, 0.5) is 0 Å². The van der Waals surface area contributed by atoms with Crippen molar-refractivity contribution in [3.8, 4) is 0 Å². The van der Waals surface area contributed by atoms with Crippen molar-refractivity contribution in [2.45, 2.75) is 39.4 Å². The first kappa shape index (κ1) is 14.7. The van der Waals surface area contributed by atoms with E-state index < -0.39 is 5.54 Å². The molecule has 1 aromatic heterocycles. The van der Waals surface area contributed by atoms with Crippen LogP contribution in [0.1, 0.15) is 36.7 Å². The van der Waals surface area contributed by atoms with Crippen LogP contribution in [0.3, 0.4) is 0 Å². The Kier molecular flexibility index (Phi) is 4.20. The minimum absolute atomic E-state index is 0.539. The summed E-state index contributed by atoms with van der Waals surface area (Å²) in [7, 11) is 2.03. The second-order valence-corrected chi connectivity index (χ2v) is 5.83. The van der Waals surface area contributed by atoms with E-state index in [9.17, 15) is 0 Å². The quantitative estimate of drug-likeness (QED) is 0.905. The monoisotopic (exact) mass is 274 g/mol. The third-order valence-corrected chi connectivity index (χ3v) is 3.15. The zero-order chi connectivity index (χ0) is 14.8. The van der Waals surface area contributed by atoms with Crippen molar-refractivity contribution >= 4 is 0 Å². The van der Waals surface area contributed by atoms with Crippen molar-refractivity contribution in [1.29, 1.82) is 0 Å². The maximum atomic E-state index is 5.95. The van der Waals surface area contributed by atoms with Gasteiger partial charge in [0.1, 0.15) is 0 Å². The number of nitrogens with zero attached hydrogens (tertiary/aromatic N) is 3. The maximum Gasteiger partial charge on any atom is 0.240 e. The highest BCUT2D eigenvalue weighted by Gasteiger charge is 2.21. The van der Waals surface area contributed by atoms with E-state index in [0.717, 1.165) is 6.54 Å². The van der Waals surface area contributed by atoms with Crippen LogP contribution in [0.15, 0.2) is 28.8 Å². The number of aromatic nitrogens is 2. The second kappa shape index (κ2) is 5.73. The maximum absolute atomic E-state index is 5.95. The fourth-order valence-corrected chi connectivity index (χ4v) is 1.95. The van der Waals surface area contributed by atoms with Gasteiger partial charge in [-0.3, -0.25) is 4.90 Å². The zero-order valence-electron chi connectivity index (χ0n) is 12.6. The van der Waals surface area contributed by atoms with E-state index in [0.29, 0.717) is 18.3 Å². The molecule has 0 unspecified atom stereocenters. The summed E-state index contributed by atoms with van der Waals surface area (Å²) in [6.07, 6.45) is 0. The van der Waals surface area contributed by atoms with Gasteiger partial charge in [0.05, 0.1) is 12.1 Å². The van der Waals surface area contributed by atoms with Crippen molar-refractivity contribution in [1.82, 2.24) is 15.0 Å². The molecule has 0 aliphatic heterocycles. The van der Waals surface area contributed by atoms with E-state index in [-0.39, 0.29) is 0 Å². The Morgan fingerprint density at radius 2 is 1.95 bits per heavy atom. The molecular weight excluding hydrogens is 252 g/mol. The molecule has 0 spiro atoms. The van der Waals surface area contributed by atoms with Crippen molar-refractivity contribution in [2.24, 2.45) is 5.73 Å². The van der Waals surface area contributed by atoms with Crippen LogP contribution in [0.5, 0.6) is 0 Å². The molecule has 1 aromatic carbocycles. The molecule has 20 heavy (non-hydrogen) atoms. The number of nitrogens with two attached hydrogens (primary N) is 1. The molecule has 0 atom stereocenters. The van der Waals surface area contributed by atoms with Crippen LogP contribution in [0, 0.1) is 6.92 Å². The number of rotatable bonds is 5. The first-order chi connectivity index (χ1) is 9.36. The Bertz CT molecular complexity index is 571. The minimum Gasteiger partial charge on any atom is -0.338 e. The van der Waals surface area contributed by atoms with E-state index >= 15 is 0 Å². The first-order valence-electron chi connectivity index (χ1n) is 6.71. The van der Waals surface area contributed by atoms with E-state index in [2.05, 4.69) is 40.2 Å². The molecule has 0 amide bonds. The van der Waals surface area contributed by atoms with Crippen LogP contribution in [0.25, 0.3) is 0 Å². The van der Waals surface area contributed by atoms with Crippen LogP contribution < -0.4 is 5.73 Å². The summed E-state index contributed by atoms with van der Waals surface area (Å²) in [5, 5.41) is 3.93. The minimum atomic E-state index is -0.573. The molecule has 0 radical (unpaired) electrons. The van der Waals surface area contributed by atoms with Gasteiger partial charge in [-0.15, -0.1) is 0 Å². The SMILES string of the molecule is Cc1ccccc1CN(C)Cc1nc(C(C)(C)N)no1. The lowest BCUT2D eigenvalue weighted by Crippen LogP contribution is -2.30. The van der Waals surface area contributed by atoms with Gasteiger partial charge in [0.15, 0.2) is 5.82 Å². The Hall–Kier alpha value is -1.72. The molecule has 2 N–H and O–H groups in total. The largest absolute Gasteiger partial charge is 0.338 e. The Morgan fingerprint density at radius 3 is 2.55 bits per heavy atom. The van der Waals surface area contributed by atoms with Gasteiger partial charge in [-0.2, -0.15) is 4.98 Å². The van der Waals surface area contributed by atoms with Crippen molar-refractivity contribution in [3.63, 3.8) is 0 Å². The molecule has 5 heteroatoms.